The van der Waals surface area contributed by atoms with E-state index in [1.54, 1.807) is 7.11 Å². The molecule has 1 aromatic heterocycles. The summed E-state index contributed by atoms with van der Waals surface area (Å²) in [5.74, 6) is 2.14. The molecular weight excluding hydrogens is 288 g/mol. The zero-order valence-corrected chi connectivity index (χ0v) is 13.8. The van der Waals surface area contributed by atoms with Crippen LogP contribution < -0.4 is 15.0 Å². The second-order valence-corrected chi connectivity index (χ2v) is 5.56. The number of nitrogens with one attached hydrogen (secondary N) is 1. The minimum Gasteiger partial charge on any atom is -0.494 e. The first-order chi connectivity index (χ1) is 11.1. The van der Waals surface area contributed by atoms with Crippen LogP contribution in [0.1, 0.15) is 5.56 Å². The van der Waals surface area contributed by atoms with Crippen molar-refractivity contribution in [3.63, 3.8) is 0 Å². The van der Waals surface area contributed by atoms with Gasteiger partial charge in [-0.2, -0.15) is 4.98 Å². The quantitative estimate of drug-likeness (QED) is 0.795. The zero-order valence-electron chi connectivity index (χ0n) is 13.8. The van der Waals surface area contributed by atoms with Gasteiger partial charge in [-0.25, -0.2) is 4.98 Å². The second kappa shape index (κ2) is 6.12. The topological polar surface area (TPSA) is 50.3 Å². The number of para-hydroxylation sites is 2. The maximum atomic E-state index is 5.45. The molecule has 23 heavy (non-hydrogen) atoms. The molecule has 0 saturated heterocycles. The molecule has 0 atom stereocenters. The summed E-state index contributed by atoms with van der Waals surface area (Å²) in [4.78, 5) is 11.2. The third kappa shape index (κ3) is 2.90. The Hall–Kier alpha value is -2.82. The summed E-state index contributed by atoms with van der Waals surface area (Å²) in [6, 6.07) is 14.0. The summed E-state index contributed by atoms with van der Waals surface area (Å²) in [6.07, 6.45) is 0. The van der Waals surface area contributed by atoms with Crippen LogP contribution in [-0.4, -0.2) is 31.2 Å². The molecule has 0 aliphatic rings. The van der Waals surface area contributed by atoms with Crippen LogP contribution in [0.5, 0.6) is 5.75 Å². The first-order valence-electron chi connectivity index (χ1n) is 7.45. The van der Waals surface area contributed by atoms with E-state index in [9.17, 15) is 0 Å². The fourth-order valence-corrected chi connectivity index (χ4v) is 2.41. The first-order valence-corrected chi connectivity index (χ1v) is 7.45. The highest BCUT2D eigenvalue weighted by molar-refractivity contribution is 5.95. The number of ether oxygens (including phenoxy) is 1. The van der Waals surface area contributed by atoms with Crippen molar-refractivity contribution in [2.24, 2.45) is 0 Å². The highest BCUT2D eigenvalue weighted by Crippen LogP contribution is 2.32. The first kappa shape index (κ1) is 15.1. The molecule has 2 aromatic carbocycles. The molecule has 118 valence electrons. The van der Waals surface area contributed by atoms with Crippen molar-refractivity contribution in [3.05, 3.63) is 48.0 Å². The number of anilines is 3. The number of hydrogen-bond acceptors (Lipinski definition) is 5. The van der Waals surface area contributed by atoms with Gasteiger partial charge in [-0.3, -0.25) is 0 Å². The summed E-state index contributed by atoms with van der Waals surface area (Å²) in [5.41, 5.74) is 2.98. The summed E-state index contributed by atoms with van der Waals surface area (Å²) in [5, 5.41) is 4.36. The van der Waals surface area contributed by atoms with E-state index in [2.05, 4.69) is 28.3 Å². The van der Waals surface area contributed by atoms with Gasteiger partial charge in [-0.1, -0.05) is 24.3 Å². The van der Waals surface area contributed by atoms with Crippen LogP contribution in [0.25, 0.3) is 10.9 Å². The Bertz CT molecular complexity index is 846. The van der Waals surface area contributed by atoms with E-state index >= 15 is 0 Å². The lowest BCUT2D eigenvalue weighted by atomic mass is 10.2. The van der Waals surface area contributed by atoms with Crippen molar-refractivity contribution in [3.8, 4) is 5.75 Å². The van der Waals surface area contributed by atoms with Gasteiger partial charge in [0.15, 0.2) is 0 Å². The lowest BCUT2D eigenvalue weighted by Gasteiger charge is -2.16. The largest absolute Gasteiger partial charge is 0.494 e. The number of fused-ring (bicyclic) bond motifs is 1. The van der Waals surface area contributed by atoms with Gasteiger partial charge in [0.25, 0.3) is 0 Å². The Balaban J connectivity index is 2.20. The number of methoxy groups -OCH3 is 1. The predicted octanol–water partition coefficient (Wildman–Crippen LogP) is 3.76. The molecule has 1 N–H and O–H groups in total. The van der Waals surface area contributed by atoms with E-state index in [4.69, 9.17) is 4.74 Å². The minimum absolute atomic E-state index is 0.637. The Morgan fingerprint density at radius 2 is 1.78 bits per heavy atom. The molecule has 1 heterocycles. The van der Waals surface area contributed by atoms with Crippen molar-refractivity contribution in [1.82, 2.24) is 9.97 Å². The number of rotatable bonds is 4. The number of hydrogen-bond donors (Lipinski definition) is 1. The molecule has 0 radical (unpaired) electrons. The Morgan fingerprint density at radius 3 is 2.48 bits per heavy atom. The van der Waals surface area contributed by atoms with Crippen LogP contribution in [-0.2, 0) is 0 Å². The van der Waals surface area contributed by atoms with Crippen LogP contribution in [0.4, 0.5) is 17.5 Å². The number of aromatic nitrogens is 2. The van der Waals surface area contributed by atoms with Gasteiger partial charge in [0.2, 0.25) is 5.95 Å². The van der Waals surface area contributed by atoms with Crippen LogP contribution in [0, 0.1) is 6.92 Å². The Kier molecular flexibility index (Phi) is 4.02. The molecular formula is C18H20N4O. The normalized spacial score (nSPS) is 10.6. The van der Waals surface area contributed by atoms with E-state index in [1.807, 2.05) is 55.4 Å². The number of nitrogens with zero attached hydrogens (tertiary/aromatic N) is 3. The minimum atomic E-state index is 0.637. The van der Waals surface area contributed by atoms with E-state index in [1.165, 1.54) is 0 Å². The highest BCUT2D eigenvalue weighted by atomic mass is 16.5. The van der Waals surface area contributed by atoms with Gasteiger partial charge in [0.05, 0.1) is 7.11 Å². The zero-order chi connectivity index (χ0) is 16.4. The molecule has 5 heteroatoms. The molecule has 0 saturated carbocycles. The van der Waals surface area contributed by atoms with Crippen molar-refractivity contribution < 1.29 is 4.74 Å². The summed E-state index contributed by atoms with van der Waals surface area (Å²) >= 11 is 0. The van der Waals surface area contributed by atoms with Crippen LogP contribution in [0.2, 0.25) is 0 Å². The molecule has 0 fully saturated rings. The monoisotopic (exact) mass is 308 g/mol. The van der Waals surface area contributed by atoms with Crippen molar-refractivity contribution >= 4 is 28.4 Å². The molecule has 3 aromatic rings. The Labute approximate surface area is 135 Å². The average Bonchev–Trinajstić information content (AvgIpc) is 2.56. The van der Waals surface area contributed by atoms with Crippen molar-refractivity contribution in [2.75, 3.05) is 31.4 Å². The molecule has 3 rings (SSSR count). The molecule has 5 nitrogen and oxygen atoms in total. The summed E-state index contributed by atoms with van der Waals surface area (Å²) < 4.78 is 5.45. The van der Waals surface area contributed by atoms with E-state index in [-0.39, 0.29) is 0 Å². The fraction of sp³-hybridized carbons (Fsp3) is 0.222. The maximum Gasteiger partial charge on any atom is 0.227 e. The van der Waals surface area contributed by atoms with Gasteiger partial charge >= 0.3 is 0 Å². The van der Waals surface area contributed by atoms with Crippen LogP contribution in [0.3, 0.4) is 0 Å². The van der Waals surface area contributed by atoms with Gasteiger partial charge in [0, 0.05) is 25.2 Å². The highest BCUT2D eigenvalue weighted by Gasteiger charge is 2.13. The summed E-state index contributed by atoms with van der Waals surface area (Å²) in [6.45, 7) is 2.07. The number of benzene rings is 2. The molecule has 0 amide bonds. The molecule has 0 unspecified atom stereocenters. The fourth-order valence-electron chi connectivity index (χ4n) is 2.41. The standard InChI is InChI=1S/C18H20N4O/c1-12-8-5-6-10-14(12)19-17-13-9-7-11-15(23-4)16(13)20-18(21-17)22(2)3/h5-11H,1-4H3,(H,19,20,21). The molecule has 0 spiro atoms. The second-order valence-electron chi connectivity index (χ2n) is 5.56. The Morgan fingerprint density at radius 1 is 1.00 bits per heavy atom. The van der Waals surface area contributed by atoms with Gasteiger partial charge in [-0.05, 0) is 30.7 Å². The van der Waals surface area contributed by atoms with Crippen molar-refractivity contribution in [1.29, 1.82) is 0 Å². The average molecular weight is 308 g/mol. The van der Waals surface area contributed by atoms with Gasteiger partial charge in [0.1, 0.15) is 17.1 Å². The number of aryl methyl sites for hydroxylation is 1. The molecule has 0 bridgehead atoms. The van der Waals surface area contributed by atoms with E-state index in [0.29, 0.717) is 5.95 Å². The third-order valence-electron chi connectivity index (χ3n) is 3.70. The predicted molar refractivity (Wildman–Crippen MR) is 94.9 cm³/mol. The maximum absolute atomic E-state index is 5.45. The summed E-state index contributed by atoms with van der Waals surface area (Å²) in [7, 11) is 5.50. The molecule has 0 aliphatic carbocycles. The SMILES string of the molecule is COc1cccc2c(Nc3ccccc3C)nc(N(C)C)nc12. The van der Waals surface area contributed by atoms with E-state index in [0.717, 1.165) is 33.7 Å². The lowest BCUT2D eigenvalue weighted by Crippen LogP contribution is -2.14. The van der Waals surface area contributed by atoms with Crippen LogP contribution in [0.15, 0.2) is 42.5 Å². The molecule has 0 aliphatic heterocycles. The van der Waals surface area contributed by atoms with Gasteiger partial charge < -0.3 is 15.0 Å². The third-order valence-corrected chi connectivity index (χ3v) is 3.70. The smallest absolute Gasteiger partial charge is 0.227 e. The van der Waals surface area contributed by atoms with Gasteiger partial charge in [-0.15, -0.1) is 0 Å². The van der Waals surface area contributed by atoms with Crippen LogP contribution >= 0.6 is 0 Å². The van der Waals surface area contributed by atoms with E-state index < -0.39 is 0 Å². The lowest BCUT2D eigenvalue weighted by molar-refractivity contribution is 0.419. The van der Waals surface area contributed by atoms with Crippen molar-refractivity contribution in [2.45, 2.75) is 6.92 Å².